The minimum Gasteiger partial charge on any atom is -0.254 e. The lowest BCUT2D eigenvalue weighted by atomic mass is 9.95. The normalized spacial score (nSPS) is 11.5. The monoisotopic (exact) mass is 790 g/mol. The first-order valence-corrected chi connectivity index (χ1v) is 20.7. The average Bonchev–Trinajstić information content (AvgIpc) is 3.35. The molecule has 0 atom stereocenters. The number of aromatic nitrogens is 6. The summed E-state index contributed by atoms with van der Waals surface area (Å²) in [7, 11) is 0. The minimum absolute atomic E-state index is 0.583. The van der Waals surface area contributed by atoms with E-state index in [1.165, 1.54) is 0 Å². The van der Waals surface area contributed by atoms with Crippen LogP contribution in [0.3, 0.4) is 0 Å². The standard InChI is InChI=1S/C56H34N6/c1-3-10-35(11-4-1)52-34-53(36-12-5-2-6-13-36)62-56(61-52)49-30-24-38-18-22-42(33-51(38)59-49)41-21-17-37-23-28-47(58-50(37)32-41)45-26-27-46(44-16-8-7-15-43(44)45)48-29-25-40-20-19-39-14-9-31-57-54(39)55(40)60-48/h1-34H. The summed E-state index contributed by atoms with van der Waals surface area (Å²) in [5.74, 6) is 0.583. The Balaban J connectivity index is 0.912. The van der Waals surface area contributed by atoms with Crippen LogP contribution >= 0.6 is 0 Å². The van der Waals surface area contributed by atoms with Gasteiger partial charge in [0.25, 0.3) is 0 Å². The maximum atomic E-state index is 5.29. The van der Waals surface area contributed by atoms with Crippen molar-refractivity contribution >= 4 is 54.4 Å². The van der Waals surface area contributed by atoms with Crippen LogP contribution < -0.4 is 0 Å². The highest BCUT2D eigenvalue weighted by Gasteiger charge is 2.15. The molecule has 0 radical (unpaired) electrons. The summed E-state index contributed by atoms with van der Waals surface area (Å²) < 4.78 is 0. The summed E-state index contributed by atoms with van der Waals surface area (Å²) in [5.41, 5.74) is 14.2. The van der Waals surface area contributed by atoms with Crippen molar-refractivity contribution in [3.05, 3.63) is 206 Å². The smallest absolute Gasteiger partial charge is 0.179 e. The first-order valence-electron chi connectivity index (χ1n) is 20.7. The molecule has 0 unspecified atom stereocenters. The molecule has 0 aliphatic heterocycles. The van der Waals surface area contributed by atoms with Crippen LogP contribution in [0.4, 0.5) is 0 Å². The SMILES string of the molecule is c1ccc(-c2cc(-c3ccccc3)nc(-c3ccc4ccc(-c5ccc6ccc(-c7ccc(-c8ccc9ccc%10cccnc%10c9n8)c8ccccc78)nc6c5)cc4n3)n2)cc1. The molecule has 0 aliphatic rings. The van der Waals surface area contributed by atoms with Crippen molar-refractivity contribution in [2.24, 2.45) is 0 Å². The Morgan fingerprint density at radius 1 is 0.274 bits per heavy atom. The Bertz CT molecular complexity index is 3640. The van der Waals surface area contributed by atoms with Crippen LogP contribution in [-0.4, -0.2) is 29.9 Å². The first kappa shape index (κ1) is 35.5. The summed E-state index contributed by atoms with van der Waals surface area (Å²) in [6, 6.07) is 69.2. The number of rotatable bonds is 6. The third-order valence-corrected chi connectivity index (χ3v) is 11.7. The van der Waals surface area contributed by atoms with Crippen LogP contribution in [0.25, 0.3) is 122 Å². The van der Waals surface area contributed by atoms with Gasteiger partial charge in [0.15, 0.2) is 5.82 Å². The zero-order valence-electron chi connectivity index (χ0n) is 33.3. The number of fused-ring (bicyclic) bond motifs is 6. The molecular formula is C56H34N6. The predicted molar refractivity (Wildman–Crippen MR) is 253 cm³/mol. The zero-order chi connectivity index (χ0) is 41.0. The lowest BCUT2D eigenvalue weighted by Crippen LogP contribution is -1.97. The zero-order valence-corrected chi connectivity index (χ0v) is 33.3. The van der Waals surface area contributed by atoms with Crippen molar-refractivity contribution in [3.63, 3.8) is 0 Å². The van der Waals surface area contributed by atoms with Gasteiger partial charge in [0.1, 0.15) is 5.69 Å². The third-order valence-electron chi connectivity index (χ3n) is 11.7. The molecule has 5 aromatic heterocycles. The van der Waals surface area contributed by atoms with Crippen LogP contribution in [0.1, 0.15) is 0 Å². The van der Waals surface area contributed by atoms with Gasteiger partial charge in [-0.3, -0.25) is 4.98 Å². The van der Waals surface area contributed by atoms with Gasteiger partial charge in [0.2, 0.25) is 0 Å². The maximum Gasteiger partial charge on any atom is 0.179 e. The molecule has 5 heterocycles. The van der Waals surface area contributed by atoms with Gasteiger partial charge in [-0.25, -0.2) is 24.9 Å². The molecule has 0 bridgehead atoms. The minimum atomic E-state index is 0.583. The van der Waals surface area contributed by atoms with Crippen LogP contribution in [0.15, 0.2) is 206 Å². The molecule has 6 nitrogen and oxygen atoms in total. The van der Waals surface area contributed by atoms with Crippen molar-refractivity contribution in [2.45, 2.75) is 0 Å². The van der Waals surface area contributed by atoms with Crippen molar-refractivity contribution in [1.82, 2.24) is 29.9 Å². The number of benzene rings is 7. The first-order chi connectivity index (χ1) is 30.7. The van der Waals surface area contributed by atoms with Crippen molar-refractivity contribution in [1.29, 1.82) is 0 Å². The molecule has 6 heteroatoms. The van der Waals surface area contributed by atoms with Crippen molar-refractivity contribution in [2.75, 3.05) is 0 Å². The molecule has 288 valence electrons. The van der Waals surface area contributed by atoms with Gasteiger partial charge < -0.3 is 0 Å². The quantitative estimate of drug-likeness (QED) is 0.156. The number of hydrogen-bond acceptors (Lipinski definition) is 6. The number of nitrogens with zero attached hydrogens (tertiary/aromatic N) is 6. The lowest BCUT2D eigenvalue weighted by Gasteiger charge is -2.13. The van der Waals surface area contributed by atoms with Crippen LogP contribution in [0.5, 0.6) is 0 Å². The second-order valence-corrected chi connectivity index (χ2v) is 15.5. The Morgan fingerprint density at radius 3 is 1.37 bits per heavy atom. The number of pyridine rings is 4. The Hall–Kier alpha value is -8.48. The third kappa shape index (κ3) is 6.30. The predicted octanol–water partition coefficient (Wildman–Crippen LogP) is 13.8. The van der Waals surface area contributed by atoms with Crippen LogP contribution in [0.2, 0.25) is 0 Å². The van der Waals surface area contributed by atoms with Crippen LogP contribution in [-0.2, 0) is 0 Å². The molecule has 0 N–H and O–H groups in total. The summed E-state index contributed by atoms with van der Waals surface area (Å²) >= 11 is 0. The summed E-state index contributed by atoms with van der Waals surface area (Å²) in [6.45, 7) is 0. The number of hydrogen-bond donors (Lipinski definition) is 0. The van der Waals surface area contributed by atoms with E-state index in [0.717, 1.165) is 116 Å². The van der Waals surface area contributed by atoms with E-state index in [0.29, 0.717) is 5.82 Å². The lowest BCUT2D eigenvalue weighted by molar-refractivity contribution is 1.16. The molecule has 0 amide bonds. The molecule has 0 fully saturated rings. The highest BCUT2D eigenvalue weighted by molar-refractivity contribution is 6.07. The average molecular weight is 791 g/mol. The van der Waals surface area contributed by atoms with E-state index in [2.05, 4.69) is 151 Å². The van der Waals surface area contributed by atoms with Gasteiger partial charge >= 0.3 is 0 Å². The topological polar surface area (TPSA) is 77.3 Å². The second kappa shape index (κ2) is 14.7. The second-order valence-electron chi connectivity index (χ2n) is 15.5. The largest absolute Gasteiger partial charge is 0.254 e. The summed E-state index contributed by atoms with van der Waals surface area (Å²) in [6.07, 6.45) is 1.83. The Labute approximate surface area is 357 Å². The molecule has 0 spiro atoms. The highest BCUT2D eigenvalue weighted by Crippen LogP contribution is 2.37. The van der Waals surface area contributed by atoms with Crippen molar-refractivity contribution < 1.29 is 0 Å². The van der Waals surface area contributed by atoms with Gasteiger partial charge in [0, 0.05) is 50.0 Å². The Morgan fingerprint density at radius 2 is 0.758 bits per heavy atom. The van der Waals surface area contributed by atoms with E-state index in [1.807, 2.05) is 60.8 Å². The van der Waals surface area contributed by atoms with Gasteiger partial charge in [-0.15, -0.1) is 0 Å². The van der Waals surface area contributed by atoms with Crippen molar-refractivity contribution in [3.8, 4) is 67.7 Å². The fraction of sp³-hybridized carbons (Fsp3) is 0. The van der Waals surface area contributed by atoms with E-state index in [4.69, 9.17) is 24.9 Å². The molecule has 0 saturated carbocycles. The summed E-state index contributed by atoms with van der Waals surface area (Å²) in [5, 5.41) is 6.51. The van der Waals surface area contributed by atoms with E-state index in [9.17, 15) is 0 Å². The van der Waals surface area contributed by atoms with Gasteiger partial charge in [-0.2, -0.15) is 0 Å². The van der Waals surface area contributed by atoms with Gasteiger partial charge in [0.05, 0.1) is 44.8 Å². The molecule has 0 saturated heterocycles. The van der Waals surface area contributed by atoms with E-state index in [-0.39, 0.29) is 0 Å². The molecule has 12 rings (SSSR count). The van der Waals surface area contributed by atoms with Gasteiger partial charge in [-0.05, 0) is 64.4 Å². The molecule has 12 aromatic rings. The van der Waals surface area contributed by atoms with E-state index >= 15 is 0 Å². The maximum absolute atomic E-state index is 5.29. The fourth-order valence-electron chi connectivity index (χ4n) is 8.56. The molecule has 7 aromatic carbocycles. The van der Waals surface area contributed by atoms with Crippen LogP contribution in [0, 0.1) is 0 Å². The molecular weight excluding hydrogens is 757 g/mol. The fourth-order valence-corrected chi connectivity index (χ4v) is 8.56. The summed E-state index contributed by atoms with van der Waals surface area (Å²) in [4.78, 5) is 30.4. The van der Waals surface area contributed by atoms with E-state index in [1.54, 1.807) is 0 Å². The van der Waals surface area contributed by atoms with Gasteiger partial charge in [-0.1, -0.05) is 158 Å². The molecule has 62 heavy (non-hydrogen) atoms. The molecule has 0 aliphatic carbocycles. The Kier molecular flexibility index (Phi) is 8.38. The van der Waals surface area contributed by atoms with E-state index < -0.39 is 0 Å². The highest BCUT2D eigenvalue weighted by atomic mass is 14.9.